The summed E-state index contributed by atoms with van der Waals surface area (Å²) in [7, 11) is 0. The van der Waals surface area contributed by atoms with E-state index in [0.717, 1.165) is 17.5 Å². The molecule has 2 atom stereocenters. The van der Waals surface area contributed by atoms with Gasteiger partial charge in [0.05, 0.1) is 0 Å². The predicted molar refractivity (Wildman–Crippen MR) is 92.4 cm³/mol. The van der Waals surface area contributed by atoms with Crippen molar-refractivity contribution < 1.29 is 0 Å². The fourth-order valence-corrected chi connectivity index (χ4v) is 4.38. The Morgan fingerprint density at radius 1 is 0.857 bits per heavy atom. The van der Waals surface area contributed by atoms with E-state index in [9.17, 15) is 0 Å². The maximum Gasteiger partial charge on any atom is 0.0208 e. The van der Waals surface area contributed by atoms with Gasteiger partial charge in [0, 0.05) is 23.6 Å². The topological polar surface area (TPSA) is 12.0 Å². The van der Waals surface area contributed by atoms with Crippen LogP contribution in [-0.4, -0.2) is 11.3 Å². The molecule has 2 aromatic carbocycles. The van der Waals surface area contributed by atoms with Gasteiger partial charge >= 0.3 is 0 Å². The van der Waals surface area contributed by atoms with Gasteiger partial charge in [0.15, 0.2) is 0 Å². The third-order valence-corrected chi connectivity index (χ3v) is 5.66. The molecule has 1 N–H and O–H groups in total. The van der Waals surface area contributed by atoms with Crippen molar-refractivity contribution in [3.63, 3.8) is 0 Å². The molecule has 2 aromatic rings. The first kappa shape index (κ1) is 14.7. The maximum absolute atomic E-state index is 3.76. The summed E-state index contributed by atoms with van der Waals surface area (Å²) in [5, 5.41) is 4.52. The molecule has 1 saturated carbocycles. The molecule has 1 nitrogen and oxygen atoms in total. The molecule has 0 heterocycles. The van der Waals surface area contributed by atoms with Crippen molar-refractivity contribution in [2.45, 2.75) is 42.9 Å². The van der Waals surface area contributed by atoms with Gasteiger partial charge in [0.1, 0.15) is 0 Å². The van der Waals surface area contributed by atoms with Gasteiger partial charge in [-0.3, -0.25) is 0 Å². The zero-order chi connectivity index (χ0) is 14.3. The van der Waals surface area contributed by atoms with E-state index in [0.29, 0.717) is 6.04 Å². The second-order valence-corrected chi connectivity index (χ2v) is 6.97. The normalized spacial score (nSPS) is 21.5. The molecule has 0 radical (unpaired) electrons. The van der Waals surface area contributed by atoms with E-state index >= 15 is 0 Å². The van der Waals surface area contributed by atoms with Gasteiger partial charge in [-0.2, -0.15) is 11.8 Å². The molecule has 0 aliphatic heterocycles. The van der Waals surface area contributed by atoms with E-state index < -0.39 is 0 Å². The van der Waals surface area contributed by atoms with Gasteiger partial charge in [-0.15, -0.1) is 0 Å². The first-order valence-corrected chi connectivity index (χ1v) is 8.89. The lowest BCUT2D eigenvalue weighted by atomic mass is 10.2. The van der Waals surface area contributed by atoms with Gasteiger partial charge < -0.3 is 5.32 Å². The highest BCUT2D eigenvalue weighted by molar-refractivity contribution is 7.99. The lowest BCUT2D eigenvalue weighted by molar-refractivity contribution is 0.532. The van der Waals surface area contributed by atoms with Crippen molar-refractivity contribution in [1.29, 1.82) is 0 Å². The Balaban J connectivity index is 1.49. The van der Waals surface area contributed by atoms with E-state index in [1.54, 1.807) is 0 Å². The Labute approximate surface area is 132 Å². The molecule has 0 aromatic heterocycles. The fraction of sp³-hybridized carbons (Fsp3) is 0.368. The lowest BCUT2D eigenvalue weighted by Gasteiger charge is -2.21. The summed E-state index contributed by atoms with van der Waals surface area (Å²) in [6.45, 7) is 0.994. The Bertz CT molecular complexity index is 476. The largest absolute Gasteiger partial charge is 0.309 e. The lowest BCUT2D eigenvalue weighted by Crippen LogP contribution is -2.33. The van der Waals surface area contributed by atoms with Crippen molar-refractivity contribution in [3.8, 4) is 0 Å². The van der Waals surface area contributed by atoms with Crippen LogP contribution in [0.2, 0.25) is 0 Å². The summed E-state index contributed by atoms with van der Waals surface area (Å²) in [5.41, 5.74) is 2.83. The summed E-state index contributed by atoms with van der Waals surface area (Å²) < 4.78 is 0. The van der Waals surface area contributed by atoms with Crippen LogP contribution >= 0.6 is 11.8 Å². The van der Waals surface area contributed by atoms with Gasteiger partial charge in [-0.1, -0.05) is 67.1 Å². The van der Waals surface area contributed by atoms with Crippen molar-refractivity contribution in [3.05, 3.63) is 71.8 Å². The Kier molecular flexibility index (Phi) is 5.36. The van der Waals surface area contributed by atoms with Gasteiger partial charge in [0.25, 0.3) is 0 Å². The Morgan fingerprint density at radius 3 is 2.24 bits per heavy atom. The highest BCUT2D eigenvalue weighted by atomic mass is 32.2. The van der Waals surface area contributed by atoms with Crippen LogP contribution in [0, 0.1) is 0 Å². The summed E-state index contributed by atoms with van der Waals surface area (Å²) >= 11 is 2.12. The van der Waals surface area contributed by atoms with Crippen LogP contribution in [0.5, 0.6) is 0 Å². The number of rotatable bonds is 6. The molecule has 2 heteroatoms. The third kappa shape index (κ3) is 4.36. The van der Waals surface area contributed by atoms with Gasteiger partial charge in [0.2, 0.25) is 0 Å². The van der Waals surface area contributed by atoms with Crippen LogP contribution in [0.4, 0.5) is 0 Å². The predicted octanol–water partition coefficient (Wildman–Crippen LogP) is 4.63. The molecule has 0 unspecified atom stereocenters. The standard InChI is InChI=1S/C19H23NS/c1-3-8-16(9-4-1)14-20-18-12-7-13-19(18)21-15-17-10-5-2-6-11-17/h1-6,8-11,18-20H,7,12-15H2/t18-,19-/m0/s1. The Hall–Kier alpha value is -1.25. The zero-order valence-corrected chi connectivity index (χ0v) is 13.2. The van der Waals surface area contributed by atoms with Crippen molar-refractivity contribution >= 4 is 11.8 Å². The number of thioether (sulfide) groups is 1. The number of hydrogen-bond acceptors (Lipinski definition) is 2. The number of nitrogens with one attached hydrogen (secondary N) is 1. The summed E-state index contributed by atoms with van der Waals surface area (Å²) in [6, 6.07) is 22.2. The monoisotopic (exact) mass is 297 g/mol. The van der Waals surface area contributed by atoms with Crippen LogP contribution in [-0.2, 0) is 12.3 Å². The van der Waals surface area contributed by atoms with Crippen LogP contribution in [0.1, 0.15) is 30.4 Å². The smallest absolute Gasteiger partial charge is 0.0208 e. The molecular weight excluding hydrogens is 274 g/mol. The molecule has 0 bridgehead atoms. The van der Waals surface area contributed by atoms with E-state index in [2.05, 4.69) is 77.7 Å². The second kappa shape index (κ2) is 7.67. The summed E-state index contributed by atoms with van der Waals surface area (Å²) in [4.78, 5) is 0. The molecule has 0 amide bonds. The van der Waals surface area contributed by atoms with E-state index in [4.69, 9.17) is 0 Å². The third-order valence-electron chi connectivity index (χ3n) is 4.17. The minimum Gasteiger partial charge on any atom is -0.309 e. The number of benzene rings is 2. The van der Waals surface area contributed by atoms with Crippen LogP contribution < -0.4 is 5.32 Å². The van der Waals surface area contributed by atoms with Crippen molar-refractivity contribution in [2.75, 3.05) is 0 Å². The molecule has 0 saturated heterocycles. The van der Waals surface area contributed by atoms with Crippen molar-refractivity contribution in [2.24, 2.45) is 0 Å². The van der Waals surface area contributed by atoms with Crippen LogP contribution in [0.15, 0.2) is 60.7 Å². The summed E-state index contributed by atoms with van der Waals surface area (Å²) in [6.07, 6.45) is 4.03. The second-order valence-electron chi connectivity index (χ2n) is 5.74. The molecule has 21 heavy (non-hydrogen) atoms. The fourth-order valence-electron chi connectivity index (χ4n) is 2.98. The minimum absolute atomic E-state index is 0.666. The first-order valence-electron chi connectivity index (χ1n) is 7.84. The average Bonchev–Trinajstić information content (AvgIpc) is 3.00. The highest BCUT2D eigenvalue weighted by Gasteiger charge is 2.26. The Morgan fingerprint density at radius 2 is 1.52 bits per heavy atom. The maximum atomic E-state index is 3.76. The molecular formula is C19H23NS. The molecule has 0 spiro atoms. The molecule has 110 valence electrons. The van der Waals surface area contributed by atoms with Crippen LogP contribution in [0.3, 0.4) is 0 Å². The molecule has 1 aliphatic carbocycles. The van der Waals surface area contributed by atoms with E-state index in [1.165, 1.54) is 30.4 Å². The average molecular weight is 297 g/mol. The quantitative estimate of drug-likeness (QED) is 0.834. The number of hydrogen-bond donors (Lipinski definition) is 1. The van der Waals surface area contributed by atoms with Crippen LogP contribution in [0.25, 0.3) is 0 Å². The molecule has 1 fully saturated rings. The summed E-state index contributed by atoms with van der Waals surface area (Å²) in [5.74, 6) is 1.13. The van der Waals surface area contributed by atoms with E-state index in [1.807, 2.05) is 0 Å². The SMILES string of the molecule is c1ccc(CN[C@H]2CCC[C@@H]2SCc2ccccc2)cc1. The minimum atomic E-state index is 0.666. The van der Waals surface area contributed by atoms with Gasteiger partial charge in [-0.05, 0) is 24.0 Å². The highest BCUT2D eigenvalue weighted by Crippen LogP contribution is 2.32. The molecule has 1 aliphatic rings. The van der Waals surface area contributed by atoms with E-state index in [-0.39, 0.29) is 0 Å². The van der Waals surface area contributed by atoms with Crippen molar-refractivity contribution in [1.82, 2.24) is 5.32 Å². The zero-order valence-electron chi connectivity index (χ0n) is 12.4. The first-order chi connectivity index (χ1) is 10.4. The van der Waals surface area contributed by atoms with Gasteiger partial charge in [-0.25, -0.2) is 0 Å². The molecule has 3 rings (SSSR count).